The number of benzene rings is 8. The highest BCUT2D eigenvalue weighted by Crippen LogP contribution is 2.39. The molecule has 8 aromatic carbocycles. The molecule has 0 aliphatic rings. The van der Waals surface area contributed by atoms with Gasteiger partial charge in [0, 0.05) is 16.5 Å². The van der Waals surface area contributed by atoms with Gasteiger partial charge in [0.1, 0.15) is 0 Å². The molecule has 1 aromatic heterocycles. The molecule has 0 bridgehead atoms. The highest BCUT2D eigenvalue weighted by Gasteiger charge is 2.15. The summed E-state index contributed by atoms with van der Waals surface area (Å²) in [6.07, 6.45) is 0. The van der Waals surface area contributed by atoms with Crippen LogP contribution in [0.1, 0.15) is 16.7 Å². The van der Waals surface area contributed by atoms with E-state index in [1.807, 2.05) is 18.2 Å². The van der Waals surface area contributed by atoms with Crippen LogP contribution in [0.2, 0.25) is 0 Å². The van der Waals surface area contributed by atoms with Gasteiger partial charge in [0.15, 0.2) is 0 Å². The van der Waals surface area contributed by atoms with Crippen LogP contribution in [0.5, 0.6) is 0 Å². The van der Waals surface area contributed by atoms with Gasteiger partial charge in [0.25, 0.3) is 0 Å². The van der Waals surface area contributed by atoms with Crippen molar-refractivity contribution in [1.82, 2.24) is 4.57 Å². The van der Waals surface area contributed by atoms with Gasteiger partial charge >= 0.3 is 0 Å². The minimum atomic E-state index is 1.19. The van der Waals surface area contributed by atoms with Gasteiger partial charge in [0.05, 0.1) is 11.0 Å². The molecule has 0 aliphatic carbocycles. The topological polar surface area (TPSA) is 4.93 Å². The molecule has 0 aliphatic heterocycles. The maximum Gasteiger partial charge on any atom is 0.0547 e. The maximum absolute atomic E-state index is 2.41. The van der Waals surface area contributed by atoms with Crippen LogP contribution in [-0.2, 0) is 0 Å². The molecule has 9 aromatic rings. The number of aromatic nitrogens is 1. The Bertz CT molecular complexity index is 2590. The van der Waals surface area contributed by atoms with Crippen molar-refractivity contribution < 1.29 is 0 Å². The standard InChI is InChI=1S/C40H29N.C7H8/c1-26-9-3-6-12-34(26)35-20-16-30(23-27(35)2)31-17-21-36-32(24-31)18-22-39-40(36)37-13-7-8-14-38(37)41(39)33-19-15-28-10-4-5-11-29(28)25-33;1-7-5-3-2-4-6-7/h3-25H,1-2H3;2-6H,1H3. The van der Waals surface area contributed by atoms with Gasteiger partial charge < -0.3 is 4.57 Å². The predicted molar refractivity (Wildman–Crippen MR) is 207 cm³/mol. The Morgan fingerprint density at radius 1 is 0.375 bits per heavy atom. The Kier molecular flexibility index (Phi) is 7.59. The van der Waals surface area contributed by atoms with Gasteiger partial charge in [-0.15, -0.1) is 0 Å². The number of para-hydroxylation sites is 1. The van der Waals surface area contributed by atoms with E-state index in [9.17, 15) is 0 Å². The monoisotopic (exact) mass is 615 g/mol. The lowest BCUT2D eigenvalue weighted by molar-refractivity contribution is 1.19. The van der Waals surface area contributed by atoms with Crippen molar-refractivity contribution in [2.45, 2.75) is 20.8 Å². The lowest BCUT2D eigenvalue weighted by Gasteiger charge is -2.12. The van der Waals surface area contributed by atoms with Crippen LogP contribution in [0.3, 0.4) is 0 Å². The Morgan fingerprint density at radius 2 is 1.04 bits per heavy atom. The van der Waals surface area contributed by atoms with Crippen molar-refractivity contribution in [3.05, 3.63) is 187 Å². The second kappa shape index (κ2) is 12.4. The third-order valence-corrected chi connectivity index (χ3v) is 9.58. The zero-order valence-electron chi connectivity index (χ0n) is 27.6. The van der Waals surface area contributed by atoms with Crippen LogP contribution in [0.4, 0.5) is 0 Å². The van der Waals surface area contributed by atoms with Crippen molar-refractivity contribution in [3.63, 3.8) is 0 Å². The van der Waals surface area contributed by atoms with Crippen molar-refractivity contribution in [2.75, 3.05) is 0 Å². The van der Waals surface area contributed by atoms with Crippen LogP contribution < -0.4 is 0 Å². The molecule has 0 saturated heterocycles. The number of hydrogen-bond acceptors (Lipinski definition) is 0. The number of nitrogens with zero attached hydrogens (tertiary/aromatic N) is 1. The first-order valence-corrected chi connectivity index (χ1v) is 16.7. The Labute approximate surface area is 282 Å². The van der Waals surface area contributed by atoms with Crippen LogP contribution in [0.25, 0.3) is 71.3 Å². The van der Waals surface area contributed by atoms with E-state index < -0.39 is 0 Å². The van der Waals surface area contributed by atoms with E-state index >= 15 is 0 Å². The first-order valence-electron chi connectivity index (χ1n) is 16.7. The van der Waals surface area contributed by atoms with Gasteiger partial charge in [-0.3, -0.25) is 0 Å². The first-order chi connectivity index (χ1) is 23.5. The van der Waals surface area contributed by atoms with Crippen LogP contribution >= 0.6 is 0 Å². The fourth-order valence-electron chi connectivity index (χ4n) is 7.13. The highest BCUT2D eigenvalue weighted by molar-refractivity contribution is 6.21. The van der Waals surface area contributed by atoms with Crippen LogP contribution in [0, 0.1) is 20.8 Å². The number of fused-ring (bicyclic) bond motifs is 6. The smallest absolute Gasteiger partial charge is 0.0547 e. The molecule has 1 heteroatoms. The minimum absolute atomic E-state index is 1.19. The molecular weight excluding hydrogens is 579 g/mol. The van der Waals surface area contributed by atoms with Crippen molar-refractivity contribution in [2.24, 2.45) is 0 Å². The lowest BCUT2D eigenvalue weighted by Crippen LogP contribution is -1.93. The van der Waals surface area contributed by atoms with Gasteiger partial charge in [0.2, 0.25) is 0 Å². The van der Waals surface area contributed by atoms with Crippen LogP contribution in [-0.4, -0.2) is 4.57 Å². The summed E-state index contributed by atoms with van der Waals surface area (Å²) < 4.78 is 2.41. The molecule has 0 spiro atoms. The normalized spacial score (nSPS) is 11.2. The summed E-state index contributed by atoms with van der Waals surface area (Å²) in [5, 5.41) is 7.66. The van der Waals surface area contributed by atoms with E-state index in [0.29, 0.717) is 0 Å². The molecule has 230 valence electrons. The quantitative estimate of drug-likeness (QED) is 0.186. The largest absolute Gasteiger partial charge is 0.309 e. The highest BCUT2D eigenvalue weighted by atomic mass is 15.0. The zero-order valence-corrected chi connectivity index (χ0v) is 27.6. The molecule has 0 fully saturated rings. The lowest BCUT2D eigenvalue weighted by atomic mass is 9.92. The average molecular weight is 616 g/mol. The summed E-state index contributed by atoms with van der Waals surface area (Å²) in [6, 6.07) is 61.4. The first kappa shape index (κ1) is 29.5. The summed E-state index contributed by atoms with van der Waals surface area (Å²) in [5.74, 6) is 0. The van der Waals surface area contributed by atoms with Crippen LogP contribution in [0.15, 0.2) is 170 Å². The summed E-state index contributed by atoms with van der Waals surface area (Å²) in [4.78, 5) is 0. The van der Waals surface area contributed by atoms with Gasteiger partial charge in [-0.25, -0.2) is 0 Å². The fourth-order valence-corrected chi connectivity index (χ4v) is 7.13. The van der Waals surface area contributed by atoms with E-state index in [-0.39, 0.29) is 0 Å². The molecule has 0 unspecified atom stereocenters. The number of hydrogen-bond donors (Lipinski definition) is 0. The molecule has 1 heterocycles. The van der Waals surface area contributed by atoms with E-state index in [0.717, 1.165) is 0 Å². The van der Waals surface area contributed by atoms with Crippen molar-refractivity contribution in [1.29, 1.82) is 0 Å². The molecule has 9 rings (SSSR count). The molecular formula is C47H37N. The zero-order chi connectivity index (χ0) is 32.6. The molecule has 0 amide bonds. The second-order valence-electron chi connectivity index (χ2n) is 12.8. The third-order valence-electron chi connectivity index (χ3n) is 9.58. The van der Waals surface area contributed by atoms with E-state index in [4.69, 9.17) is 0 Å². The SMILES string of the molecule is Cc1ccccc1.Cc1ccccc1-c1ccc(-c2ccc3c(ccc4c3c3ccccc3n4-c3ccc4ccccc4c3)c2)cc1C. The molecule has 1 nitrogen and oxygen atoms in total. The molecule has 48 heavy (non-hydrogen) atoms. The van der Waals surface area contributed by atoms with Crippen molar-refractivity contribution in [3.8, 4) is 27.9 Å². The fraction of sp³-hybridized carbons (Fsp3) is 0.0638. The molecule has 0 saturated carbocycles. The second-order valence-corrected chi connectivity index (χ2v) is 12.8. The Balaban J connectivity index is 0.000000429. The number of rotatable bonds is 3. The Morgan fingerprint density at radius 3 is 1.83 bits per heavy atom. The molecule has 0 atom stereocenters. The van der Waals surface area contributed by atoms with E-state index in [1.54, 1.807) is 0 Å². The number of aryl methyl sites for hydroxylation is 3. The summed E-state index contributed by atoms with van der Waals surface area (Å²) in [5.41, 5.74) is 12.7. The van der Waals surface area contributed by atoms with Crippen molar-refractivity contribution >= 4 is 43.4 Å². The van der Waals surface area contributed by atoms with E-state index in [1.165, 1.54) is 88.0 Å². The summed E-state index contributed by atoms with van der Waals surface area (Å²) in [7, 11) is 0. The average Bonchev–Trinajstić information content (AvgIpc) is 3.47. The Hall–Kier alpha value is -5.92. The molecule has 0 N–H and O–H groups in total. The van der Waals surface area contributed by atoms with E-state index in [2.05, 4.69) is 177 Å². The van der Waals surface area contributed by atoms with Gasteiger partial charge in [-0.1, -0.05) is 145 Å². The summed E-state index contributed by atoms with van der Waals surface area (Å²) >= 11 is 0. The third kappa shape index (κ3) is 5.34. The summed E-state index contributed by atoms with van der Waals surface area (Å²) in [6.45, 7) is 6.49. The van der Waals surface area contributed by atoms with Gasteiger partial charge in [-0.05, 0) is 106 Å². The predicted octanol–water partition coefficient (Wildman–Crippen LogP) is 13.0. The minimum Gasteiger partial charge on any atom is -0.309 e. The van der Waals surface area contributed by atoms with Gasteiger partial charge in [-0.2, -0.15) is 0 Å². The molecule has 0 radical (unpaired) electrons. The maximum atomic E-state index is 2.41.